The molecule has 0 aromatic carbocycles. The summed E-state index contributed by atoms with van der Waals surface area (Å²) >= 11 is 0. The predicted octanol–water partition coefficient (Wildman–Crippen LogP) is 6.40. The number of hydrogen-bond donors (Lipinski definition) is 3. The average Bonchev–Trinajstić information content (AvgIpc) is 3.47. The van der Waals surface area contributed by atoms with Gasteiger partial charge < -0.3 is 14.6 Å². The first-order valence-electron chi connectivity index (χ1n) is 16.4. The van der Waals surface area contributed by atoms with Gasteiger partial charge in [0.25, 0.3) is 13.7 Å². The summed E-state index contributed by atoms with van der Waals surface area (Å²) in [4.78, 5) is 41.0. The number of aromatic nitrogens is 2. The number of carbonyl (C=O) groups excluding carboxylic acids is 1. The maximum Gasteiger partial charge on any atom is 0.330 e. The zero-order valence-electron chi connectivity index (χ0n) is 28.0. The number of rotatable bonds is 23. The maximum absolute atomic E-state index is 12.3. The first-order chi connectivity index (χ1) is 23.3. The molecular formula is C34H50N7O6P. The van der Waals surface area contributed by atoms with Crippen LogP contribution in [0.25, 0.3) is 10.4 Å². The molecular weight excluding hydrogens is 633 g/mol. The number of ether oxygens (including phenoxy) is 1. The van der Waals surface area contributed by atoms with E-state index in [0.717, 1.165) is 38.5 Å². The van der Waals surface area contributed by atoms with Gasteiger partial charge in [0.1, 0.15) is 6.23 Å². The molecule has 1 aliphatic rings. The Kier molecular flexibility index (Phi) is 21.0. The van der Waals surface area contributed by atoms with Crippen molar-refractivity contribution in [3.8, 4) is 0 Å². The van der Waals surface area contributed by atoms with Gasteiger partial charge in [-0.25, -0.2) is 9.88 Å². The van der Waals surface area contributed by atoms with Crippen LogP contribution in [0.2, 0.25) is 0 Å². The number of nitrogens with zero attached hydrogens (tertiary/aromatic N) is 4. The normalized spacial score (nSPS) is 19.1. The third kappa shape index (κ3) is 17.2. The van der Waals surface area contributed by atoms with E-state index in [1.54, 1.807) is 6.92 Å². The molecule has 1 saturated heterocycles. The molecule has 0 spiro atoms. The van der Waals surface area contributed by atoms with Crippen molar-refractivity contribution >= 4 is 14.1 Å². The highest BCUT2D eigenvalue weighted by molar-refractivity contribution is 7.36. The molecule has 0 radical (unpaired) electrons. The Bertz CT molecular complexity index is 1490. The van der Waals surface area contributed by atoms with Gasteiger partial charge in [-0.15, -0.1) is 0 Å². The summed E-state index contributed by atoms with van der Waals surface area (Å²) in [5, 5.41) is 9.21. The highest BCUT2D eigenvalue weighted by Gasteiger charge is 2.36. The third-order valence-electron chi connectivity index (χ3n) is 7.09. The summed E-state index contributed by atoms with van der Waals surface area (Å²) in [5.74, 6) is -0.104. The van der Waals surface area contributed by atoms with E-state index in [4.69, 9.17) is 14.8 Å². The van der Waals surface area contributed by atoms with Gasteiger partial charge in [0.2, 0.25) is 5.91 Å². The van der Waals surface area contributed by atoms with E-state index in [1.165, 1.54) is 10.8 Å². The average molecular weight is 684 g/mol. The van der Waals surface area contributed by atoms with Crippen molar-refractivity contribution in [3.05, 3.63) is 116 Å². The predicted molar refractivity (Wildman–Crippen MR) is 191 cm³/mol. The van der Waals surface area contributed by atoms with Crippen LogP contribution in [0.5, 0.6) is 0 Å². The van der Waals surface area contributed by atoms with Crippen molar-refractivity contribution in [2.24, 2.45) is 5.11 Å². The molecule has 1 aromatic heterocycles. The van der Waals surface area contributed by atoms with E-state index < -0.39 is 37.8 Å². The molecule has 1 aliphatic heterocycles. The Morgan fingerprint density at radius 3 is 2.19 bits per heavy atom. The topological polar surface area (TPSA) is 180 Å². The second-order valence-corrected chi connectivity index (χ2v) is 12.2. The molecule has 4 atom stereocenters. The van der Waals surface area contributed by atoms with Gasteiger partial charge >= 0.3 is 5.69 Å². The highest BCUT2D eigenvalue weighted by Crippen LogP contribution is 2.32. The van der Waals surface area contributed by atoms with Crippen LogP contribution in [-0.4, -0.2) is 47.3 Å². The van der Waals surface area contributed by atoms with Crippen LogP contribution in [0.3, 0.4) is 0 Å². The lowest BCUT2D eigenvalue weighted by Gasteiger charge is -2.17. The van der Waals surface area contributed by atoms with Gasteiger partial charge in [0, 0.05) is 42.6 Å². The van der Waals surface area contributed by atoms with E-state index >= 15 is 0 Å². The Morgan fingerprint density at radius 2 is 1.60 bits per heavy atom. The van der Waals surface area contributed by atoms with Gasteiger partial charge in [0.15, 0.2) is 0 Å². The van der Waals surface area contributed by atoms with E-state index in [1.807, 2.05) is 12.2 Å². The molecule has 48 heavy (non-hydrogen) atoms. The molecule has 14 heteroatoms. The standard InChI is InChI=1S/C34H50N7O6P/c1-3-4-5-6-7-8-9-10-11-12-13-14-15-16-17-18-19-20-21-22-31(42)36-23-24-37-48(45)46-27-30-29(39-40-35)25-32(47-30)41-26-28(2)33(43)38-34(41)44/h4-5,7-8,10-11,13-14,16-17,19-20,26,29-30,32,48H,3,6,9,12,15,18,21-25,27H2,1-2H3,(H,36,42)(H,37,45)(H,38,43,44)/b5-4-,8-7-,11-10-,14-13-,17-16-,20-19-/t29-,30+,32?/m0/s1. The minimum absolute atomic E-state index is 0.104. The van der Waals surface area contributed by atoms with E-state index in [9.17, 15) is 18.9 Å². The zero-order valence-corrected chi connectivity index (χ0v) is 29.0. The molecule has 0 bridgehead atoms. The highest BCUT2D eigenvalue weighted by atomic mass is 31.1. The number of carbonyl (C=O) groups is 1. The molecule has 2 unspecified atom stereocenters. The second kappa shape index (κ2) is 25.1. The van der Waals surface area contributed by atoms with Crippen LogP contribution >= 0.6 is 8.18 Å². The van der Waals surface area contributed by atoms with Crippen molar-refractivity contribution in [2.75, 3.05) is 19.7 Å². The lowest BCUT2D eigenvalue weighted by molar-refractivity contribution is -0.120. The number of aryl methyl sites for hydroxylation is 1. The molecule has 13 nitrogen and oxygen atoms in total. The summed E-state index contributed by atoms with van der Waals surface area (Å²) in [7, 11) is -2.67. The number of aromatic amines is 1. The third-order valence-corrected chi connectivity index (χ3v) is 8.06. The van der Waals surface area contributed by atoms with Gasteiger partial charge in [-0.1, -0.05) is 85.0 Å². The molecule has 2 heterocycles. The lowest BCUT2D eigenvalue weighted by Crippen LogP contribution is -2.33. The fourth-order valence-electron chi connectivity index (χ4n) is 4.54. The van der Waals surface area contributed by atoms with Crippen LogP contribution in [-0.2, 0) is 18.6 Å². The summed E-state index contributed by atoms with van der Waals surface area (Å²) < 4.78 is 24.8. The number of allylic oxidation sites excluding steroid dienone is 12. The monoisotopic (exact) mass is 683 g/mol. The molecule has 0 aliphatic carbocycles. The van der Waals surface area contributed by atoms with Crippen LogP contribution in [0.15, 0.2) is 93.8 Å². The van der Waals surface area contributed by atoms with Crippen LogP contribution in [0.1, 0.15) is 76.5 Å². The van der Waals surface area contributed by atoms with Crippen LogP contribution < -0.4 is 21.7 Å². The molecule has 1 aromatic rings. The summed E-state index contributed by atoms with van der Waals surface area (Å²) in [6.45, 7) is 4.07. The fourth-order valence-corrected chi connectivity index (χ4v) is 5.29. The zero-order chi connectivity index (χ0) is 34.8. The van der Waals surface area contributed by atoms with Gasteiger partial charge in [-0.05, 0) is 57.4 Å². The minimum atomic E-state index is -2.67. The summed E-state index contributed by atoms with van der Waals surface area (Å²) in [6.07, 6.45) is 32.4. The van der Waals surface area contributed by atoms with Crippen molar-refractivity contribution in [1.82, 2.24) is 20.0 Å². The first-order valence-corrected chi connectivity index (χ1v) is 17.8. The fraction of sp³-hybridized carbons (Fsp3) is 0.500. The van der Waals surface area contributed by atoms with E-state index in [2.05, 4.69) is 93.1 Å². The largest absolute Gasteiger partial charge is 0.355 e. The number of hydrogen-bond acceptors (Lipinski definition) is 7. The van der Waals surface area contributed by atoms with Crippen molar-refractivity contribution < 1.29 is 18.6 Å². The number of nitrogens with one attached hydrogen (secondary N) is 3. The van der Waals surface area contributed by atoms with Gasteiger partial charge in [-0.3, -0.25) is 23.7 Å². The maximum atomic E-state index is 12.3. The molecule has 1 amide bonds. The van der Waals surface area contributed by atoms with E-state index in [-0.39, 0.29) is 32.0 Å². The van der Waals surface area contributed by atoms with Crippen LogP contribution in [0, 0.1) is 6.92 Å². The molecule has 1 fully saturated rings. The SMILES string of the molecule is CC/C=C\C/C=C\C/C=C\C/C=C\C/C=C\C/C=C\CCC(=O)NCCN[PH](=O)OC[C@H]1OC(n2cc(C)c(=O)[nH]c2=O)C[C@@H]1N=[N+]=[N-]. The summed E-state index contributed by atoms with van der Waals surface area (Å²) in [6, 6.07) is -0.658. The van der Waals surface area contributed by atoms with Crippen molar-refractivity contribution in [1.29, 1.82) is 0 Å². The number of amides is 1. The number of azide groups is 1. The Hall–Kier alpha value is -3.99. The lowest BCUT2D eigenvalue weighted by atomic mass is 10.1. The van der Waals surface area contributed by atoms with E-state index in [0.29, 0.717) is 18.4 Å². The number of H-pyrrole nitrogens is 1. The van der Waals surface area contributed by atoms with Crippen molar-refractivity contribution in [2.45, 2.75) is 90.0 Å². The smallest absolute Gasteiger partial charge is 0.330 e. The summed E-state index contributed by atoms with van der Waals surface area (Å²) in [5.41, 5.74) is 8.10. The Labute approximate surface area is 283 Å². The van der Waals surface area contributed by atoms with Gasteiger partial charge in [-0.2, -0.15) is 0 Å². The Morgan fingerprint density at radius 1 is 1.02 bits per heavy atom. The molecule has 262 valence electrons. The Balaban J connectivity index is 1.52. The quantitative estimate of drug-likeness (QED) is 0.0298. The second-order valence-electron chi connectivity index (χ2n) is 10.9. The van der Waals surface area contributed by atoms with Gasteiger partial charge in [0.05, 0.1) is 18.8 Å². The van der Waals surface area contributed by atoms with Crippen LogP contribution in [0.4, 0.5) is 0 Å². The van der Waals surface area contributed by atoms with Crippen molar-refractivity contribution in [3.63, 3.8) is 0 Å². The first kappa shape index (κ1) is 40.2. The minimum Gasteiger partial charge on any atom is -0.355 e. The molecule has 3 N–H and O–H groups in total. The molecule has 2 rings (SSSR count). The molecule has 0 saturated carbocycles.